The molecular weight excluding hydrogens is 288 g/mol. The lowest BCUT2D eigenvalue weighted by Gasteiger charge is -2.11. The number of hydrogen-bond acceptors (Lipinski definition) is 0. The molecule has 2 fully saturated rings. The van der Waals surface area contributed by atoms with Gasteiger partial charge in [0, 0.05) is 0 Å². The van der Waals surface area contributed by atoms with E-state index in [2.05, 4.69) is 63.3 Å². The first kappa shape index (κ1) is 20.7. The van der Waals surface area contributed by atoms with E-state index in [4.69, 9.17) is 0 Å². The SMILES string of the molecule is CC=C1C=CCC=C1.CC=C1CCCCC1.CC=C1CCCCC1. The summed E-state index contributed by atoms with van der Waals surface area (Å²) in [5.41, 5.74) is 4.67. The highest BCUT2D eigenvalue weighted by Gasteiger charge is 2.02. The zero-order valence-electron chi connectivity index (χ0n) is 16.3. The molecule has 0 unspecified atom stereocenters. The summed E-state index contributed by atoms with van der Waals surface area (Å²) in [5.74, 6) is 0. The van der Waals surface area contributed by atoms with Crippen LogP contribution in [0.25, 0.3) is 0 Å². The number of hydrogen-bond donors (Lipinski definition) is 0. The molecule has 0 aromatic heterocycles. The largest absolute Gasteiger partial charge is 0.0885 e. The van der Waals surface area contributed by atoms with Crippen LogP contribution in [0.1, 0.15) is 91.4 Å². The smallest absolute Gasteiger partial charge is 0.0163 e. The van der Waals surface area contributed by atoms with Gasteiger partial charge in [0.2, 0.25) is 0 Å². The molecule has 0 radical (unpaired) electrons. The highest BCUT2D eigenvalue weighted by molar-refractivity contribution is 5.33. The van der Waals surface area contributed by atoms with Crippen LogP contribution < -0.4 is 0 Å². The molecule has 0 bridgehead atoms. The third-order valence-corrected chi connectivity index (χ3v) is 5.03. The van der Waals surface area contributed by atoms with Gasteiger partial charge in [-0.15, -0.1) is 0 Å². The highest BCUT2D eigenvalue weighted by atomic mass is 14.1. The van der Waals surface area contributed by atoms with Crippen LogP contribution in [0.3, 0.4) is 0 Å². The molecule has 0 heteroatoms. The van der Waals surface area contributed by atoms with Crippen molar-refractivity contribution in [2.45, 2.75) is 91.4 Å². The second-order valence-electron chi connectivity index (χ2n) is 6.84. The molecule has 0 nitrogen and oxygen atoms in total. The van der Waals surface area contributed by atoms with Crippen molar-refractivity contribution in [3.8, 4) is 0 Å². The average molecular weight is 327 g/mol. The van der Waals surface area contributed by atoms with Crippen molar-refractivity contribution in [3.05, 3.63) is 59.3 Å². The summed E-state index contributed by atoms with van der Waals surface area (Å²) in [4.78, 5) is 0. The fraction of sp³-hybridized carbons (Fsp3) is 0.583. The molecule has 0 heterocycles. The third-order valence-electron chi connectivity index (χ3n) is 5.03. The Hall–Kier alpha value is -1.30. The molecule has 0 saturated heterocycles. The molecule has 2 saturated carbocycles. The Morgan fingerprint density at radius 2 is 1.00 bits per heavy atom. The fourth-order valence-electron chi connectivity index (χ4n) is 3.32. The summed E-state index contributed by atoms with van der Waals surface area (Å²) < 4.78 is 0. The van der Waals surface area contributed by atoms with Crippen LogP contribution in [0.2, 0.25) is 0 Å². The molecule has 3 aliphatic rings. The predicted molar refractivity (Wildman–Crippen MR) is 110 cm³/mol. The van der Waals surface area contributed by atoms with Gasteiger partial charge < -0.3 is 0 Å². The summed E-state index contributed by atoms with van der Waals surface area (Å²) >= 11 is 0. The van der Waals surface area contributed by atoms with Crippen LogP contribution >= 0.6 is 0 Å². The van der Waals surface area contributed by atoms with E-state index < -0.39 is 0 Å². The normalized spacial score (nSPS) is 19.5. The Morgan fingerprint density at radius 1 is 0.583 bits per heavy atom. The lowest BCUT2D eigenvalue weighted by Crippen LogP contribution is -1.91. The molecule has 134 valence electrons. The Balaban J connectivity index is 0.000000180. The van der Waals surface area contributed by atoms with Crippen molar-refractivity contribution in [3.63, 3.8) is 0 Å². The van der Waals surface area contributed by atoms with E-state index in [-0.39, 0.29) is 0 Å². The van der Waals surface area contributed by atoms with Gasteiger partial charge in [0.05, 0.1) is 0 Å². The van der Waals surface area contributed by atoms with Crippen LogP contribution in [0.15, 0.2) is 59.3 Å². The number of rotatable bonds is 0. The second kappa shape index (κ2) is 14.1. The molecule has 24 heavy (non-hydrogen) atoms. The van der Waals surface area contributed by atoms with Gasteiger partial charge in [-0.2, -0.15) is 0 Å². The van der Waals surface area contributed by atoms with Crippen LogP contribution in [0, 0.1) is 0 Å². The Morgan fingerprint density at radius 3 is 1.25 bits per heavy atom. The summed E-state index contributed by atoms with van der Waals surface area (Å²) in [6, 6.07) is 0. The van der Waals surface area contributed by atoms with Gasteiger partial charge in [-0.1, -0.05) is 66.5 Å². The monoisotopic (exact) mass is 326 g/mol. The summed E-state index contributed by atoms with van der Waals surface area (Å²) in [6.45, 7) is 6.36. The molecule has 0 atom stereocenters. The molecule has 0 aromatic carbocycles. The van der Waals surface area contributed by atoms with Crippen molar-refractivity contribution in [2.75, 3.05) is 0 Å². The lowest BCUT2D eigenvalue weighted by atomic mass is 9.95. The predicted octanol–water partition coefficient (Wildman–Crippen LogP) is 8.24. The fourth-order valence-corrected chi connectivity index (χ4v) is 3.32. The minimum Gasteiger partial charge on any atom is -0.0885 e. The van der Waals surface area contributed by atoms with E-state index in [1.54, 1.807) is 11.1 Å². The van der Waals surface area contributed by atoms with E-state index >= 15 is 0 Å². The maximum atomic E-state index is 2.28. The van der Waals surface area contributed by atoms with Crippen molar-refractivity contribution in [1.82, 2.24) is 0 Å². The minimum atomic E-state index is 1.09. The molecule has 0 spiro atoms. The summed E-state index contributed by atoms with van der Waals surface area (Å²) in [6.07, 6.45) is 30.5. The molecule has 0 aliphatic heterocycles. The molecule has 0 aromatic rings. The van der Waals surface area contributed by atoms with Crippen LogP contribution in [0.5, 0.6) is 0 Å². The van der Waals surface area contributed by atoms with Crippen LogP contribution in [0.4, 0.5) is 0 Å². The maximum absolute atomic E-state index is 2.28. The first-order valence-corrected chi connectivity index (χ1v) is 10.1. The van der Waals surface area contributed by atoms with Gasteiger partial charge in [0.15, 0.2) is 0 Å². The average Bonchev–Trinajstić information content (AvgIpc) is 2.71. The zero-order valence-corrected chi connectivity index (χ0v) is 16.3. The van der Waals surface area contributed by atoms with E-state index in [0.717, 1.165) is 6.42 Å². The number of allylic oxidation sites excluding steroid dienone is 10. The molecule has 0 N–H and O–H groups in total. The Kier molecular flexibility index (Phi) is 12.2. The van der Waals surface area contributed by atoms with Gasteiger partial charge in [-0.25, -0.2) is 0 Å². The van der Waals surface area contributed by atoms with Crippen molar-refractivity contribution >= 4 is 0 Å². The molecular formula is C24H38. The van der Waals surface area contributed by atoms with Gasteiger partial charge in [0.1, 0.15) is 0 Å². The van der Waals surface area contributed by atoms with Crippen LogP contribution in [-0.2, 0) is 0 Å². The molecule has 0 amide bonds. The first-order valence-electron chi connectivity index (χ1n) is 10.1. The van der Waals surface area contributed by atoms with Gasteiger partial charge in [-0.05, 0) is 84.1 Å². The van der Waals surface area contributed by atoms with E-state index in [1.807, 2.05) is 0 Å². The zero-order chi connectivity index (χ0) is 17.5. The Labute approximate surface area is 151 Å². The van der Waals surface area contributed by atoms with Gasteiger partial charge in [-0.3, -0.25) is 0 Å². The first-order chi connectivity index (χ1) is 11.8. The van der Waals surface area contributed by atoms with Gasteiger partial charge >= 0.3 is 0 Å². The molecule has 3 rings (SSSR count). The Bertz CT molecular complexity index is 412. The summed E-state index contributed by atoms with van der Waals surface area (Å²) in [5, 5.41) is 0. The minimum absolute atomic E-state index is 1.09. The second-order valence-corrected chi connectivity index (χ2v) is 6.84. The van der Waals surface area contributed by atoms with E-state index in [1.165, 1.54) is 69.8 Å². The third kappa shape index (κ3) is 9.75. The van der Waals surface area contributed by atoms with E-state index in [9.17, 15) is 0 Å². The van der Waals surface area contributed by atoms with Crippen molar-refractivity contribution in [2.24, 2.45) is 0 Å². The lowest BCUT2D eigenvalue weighted by molar-refractivity contribution is 0.598. The quantitative estimate of drug-likeness (QED) is 0.393. The summed E-state index contributed by atoms with van der Waals surface area (Å²) in [7, 11) is 0. The standard InChI is InChI=1S/2C8H14.C8H10/c3*1-2-8-6-4-3-5-7-8/h2*2H,3-7H2,1H3;2,4-7H,3H2,1H3. The van der Waals surface area contributed by atoms with Crippen molar-refractivity contribution in [1.29, 1.82) is 0 Å². The maximum Gasteiger partial charge on any atom is -0.0163 e. The van der Waals surface area contributed by atoms with Gasteiger partial charge in [0.25, 0.3) is 0 Å². The topological polar surface area (TPSA) is 0 Å². The molecule has 3 aliphatic carbocycles. The highest BCUT2D eigenvalue weighted by Crippen LogP contribution is 2.22. The van der Waals surface area contributed by atoms with E-state index in [0.29, 0.717) is 0 Å². The van der Waals surface area contributed by atoms with Crippen molar-refractivity contribution < 1.29 is 0 Å². The van der Waals surface area contributed by atoms with Crippen LogP contribution in [-0.4, -0.2) is 0 Å².